The van der Waals surface area contributed by atoms with E-state index in [1.807, 2.05) is 24.3 Å². The fourth-order valence-corrected chi connectivity index (χ4v) is 2.87. The van der Waals surface area contributed by atoms with Crippen LogP contribution < -0.4 is 5.32 Å². The molecule has 2 amide bonds. The van der Waals surface area contributed by atoms with Gasteiger partial charge in [0.2, 0.25) is 11.8 Å². The zero-order valence-electron chi connectivity index (χ0n) is 13.1. The molecular weight excluding hydrogens is 326 g/mol. The van der Waals surface area contributed by atoms with E-state index in [1.165, 1.54) is 0 Å². The first-order chi connectivity index (χ1) is 11.6. The van der Waals surface area contributed by atoms with Gasteiger partial charge in [0, 0.05) is 43.5 Å². The lowest BCUT2D eigenvalue weighted by Gasteiger charge is -2.16. The number of pyridine rings is 1. The minimum atomic E-state index is -0.304. The van der Waals surface area contributed by atoms with Crippen LogP contribution in [0.4, 0.5) is 0 Å². The Morgan fingerprint density at radius 1 is 1.25 bits per heavy atom. The van der Waals surface area contributed by atoms with Gasteiger partial charge in [0.1, 0.15) is 0 Å². The van der Waals surface area contributed by atoms with Gasteiger partial charge in [0.25, 0.3) is 0 Å². The maximum absolute atomic E-state index is 12.3. The number of nitrogens with zero attached hydrogens (tertiary/aromatic N) is 2. The highest BCUT2D eigenvalue weighted by Gasteiger charge is 2.34. The van der Waals surface area contributed by atoms with Gasteiger partial charge in [-0.1, -0.05) is 29.8 Å². The summed E-state index contributed by atoms with van der Waals surface area (Å²) in [6.07, 6.45) is 3.66. The van der Waals surface area contributed by atoms with Gasteiger partial charge in [-0.25, -0.2) is 0 Å². The smallest absolute Gasteiger partial charge is 0.225 e. The zero-order chi connectivity index (χ0) is 16.9. The van der Waals surface area contributed by atoms with Gasteiger partial charge in [0.15, 0.2) is 0 Å². The molecule has 1 atom stereocenters. The molecular formula is C18H18ClN3O2. The highest BCUT2D eigenvalue weighted by Crippen LogP contribution is 2.21. The summed E-state index contributed by atoms with van der Waals surface area (Å²) in [7, 11) is 0. The lowest BCUT2D eigenvalue weighted by molar-refractivity contribution is -0.129. The molecule has 124 valence electrons. The van der Waals surface area contributed by atoms with Crippen molar-refractivity contribution in [1.82, 2.24) is 15.2 Å². The number of benzene rings is 1. The largest absolute Gasteiger partial charge is 0.352 e. The van der Waals surface area contributed by atoms with Crippen molar-refractivity contribution in [2.75, 3.05) is 6.54 Å². The van der Waals surface area contributed by atoms with Crippen LogP contribution in [0.15, 0.2) is 48.8 Å². The molecule has 1 aromatic carbocycles. The SMILES string of the molecule is O=C(NCc1cccnc1)[C@H]1CC(=O)N(Cc2ccc(Cl)cc2)C1. The van der Waals surface area contributed by atoms with E-state index in [4.69, 9.17) is 11.6 Å². The molecule has 1 aliphatic rings. The van der Waals surface area contributed by atoms with Crippen molar-refractivity contribution in [2.24, 2.45) is 5.92 Å². The molecule has 0 bridgehead atoms. The summed E-state index contributed by atoms with van der Waals surface area (Å²) in [6.45, 7) is 1.37. The molecule has 0 saturated carbocycles. The number of hydrogen-bond donors (Lipinski definition) is 1. The fraction of sp³-hybridized carbons (Fsp3) is 0.278. The van der Waals surface area contributed by atoms with Crippen molar-refractivity contribution in [1.29, 1.82) is 0 Å². The van der Waals surface area contributed by atoms with E-state index in [0.717, 1.165) is 11.1 Å². The standard InChI is InChI=1S/C18H18ClN3O2/c19-16-5-3-13(4-6-16)11-22-12-15(8-17(22)23)18(24)21-10-14-2-1-7-20-9-14/h1-7,9,15H,8,10-12H2,(H,21,24)/t15-/m0/s1. The van der Waals surface area contributed by atoms with Crippen molar-refractivity contribution in [3.05, 3.63) is 64.9 Å². The van der Waals surface area contributed by atoms with Gasteiger partial charge >= 0.3 is 0 Å². The van der Waals surface area contributed by atoms with Crippen LogP contribution in [0.2, 0.25) is 5.02 Å². The van der Waals surface area contributed by atoms with E-state index in [0.29, 0.717) is 24.7 Å². The maximum atomic E-state index is 12.3. The quantitative estimate of drug-likeness (QED) is 0.906. The highest BCUT2D eigenvalue weighted by atomic mass is 35.5. The first-order valence-corrected chi connectivity index (χ1v) is 8.18. The Labute approximate surface area is 145 Å². The molecule has 2 heterocycles. The van der Waals surface area contributed by atoms with Crippen LogP contribution in [-0.2, 0) is 22.7 Å². The van der Waals surface area contributed by atoms with Crippen molar-refractivity contribution in [3.63, 3.8) is 0 Å². The molecule has 5 nitrogen and oxygen atoms in total. The number of carbonyl (C=O) groups is 2. The number of halogens is 1. The molecule has 2 aromatic rings. The topological polar surface area (TPSA) is 62.3 Å². The minimum absolute atomic E-state index is 0.00600. The number of likely N-dealkylation sites (tertiary alicyclic amines) is 1. The van der Waals surface area contributed by atoms with Crippen LogP contribution in [0.25, 0.3) is 0 Å². The Bertz CT molecular complexity index is 719. The Balaban J connectivity index is 1.53. The number of amides is 2. The number of hydrogen-bond acceptors (Lipinski definition) is 3. The summed E-state index contributed by atoms with van der Waals surface area (Å²) in [5, 5.41) is 3.54. The van der Waals surface area contributed by atoms with Crippen LogP contribution in [0.1, 0.15) is 17.5 Å². The van der Waals surface area contributed by atoms with Gasteiger partial charge in [-0.15, -0.1) is 0 Å². The second kappa shape index (κ2) is 7.45. The van der Waals surface area contributed by atoms with Gasteiger partial charge in [-0.05, 0) is 29.3 Å². The Morgan fingerprint density at radius 2 is 2.04 bits per heavy atom. The molecule has 0 radical (unpaired) electrons. The molecule has 1 aromatic heterocycles. The molecule has 24 heavy (non-hydrogen) atoms. The van der Waals surface area contributed by atoms with E-state index >= 15 is 0 Å². The van der Waals surface area contributed by atoms with Gasteiger partial charge in [-0.2, -0.15) is 0 Å². The molecule has 1 N–H and O–H groups in total. The first-order valence-electron chi connectivity index (χ1n) is 7.80. The van der Waals surface area contributed by atoms with E-state index in [9.17, 15) is 9.59 Å². The number of carbonyl (C=O) groups excluding carboxylic acids is 2. The molecule has 1 fully saturated rings. The summed E-state index contributed by atoms with van der Waals surface area (Å²) in [5.41, 5.74) is 1.94. The lowest BCUT2D eigenvalue weighted by atomic mass is 10.1. The Morgan fingerprint density at radius 3 is 2.75 bits per heavy atom. The zero-order valence-corrected chi connectivity index (χ0v) is 13.9. The average Bonchev–Trinajstić information content (AvgIpc) is 2.96. The van der Waals surface area contributed by atoms with Gasteiger partial charge in [0.05, 0.1) is 5.92 Å². The molecule has 1 aliphatic heterocycles. The third kappa shape index (κ3) is 4.11. The van der Waals surface area contributed by atoms with Crippen LogP contribution in [0, 0.1) is 5.92 Å². The molecule has 0 unspecified atom stereocenters. The average molecular weight is 344 g/mol. The molecule has 6 heteroatoms. The lowest BCUT2D eigenvalue weighted by Crippen LogP contribution is -2.32. The van der Waals surface area contributed by atoms with E-state index < -0.39 is 0 Å². The van der Waals surface area contributed by atoms with Crippen molar-refractivity contribution in [2.45, 2.75) is 19.5 Å². The minimum Gasteiger partial charge on any atom is -0.352 e. The monoisotopic (exact) mass is 343 g/mol. The predicted molar refractivity (Wildman–Crippen MR) is 91.1 cm³/mol. The second-order valence-electron chi connectivity index (χ2n) is 5.88. The van der Waals surface area contributed by atoms with E-state index in [-0.39, 0.29) is 24.2 Å². The van der Waals surface area contributed by atoms with Gasteiger partial charge < -0.3 is 10.2 Å². The Kier molecular flexibility index (Phi) is 5.11. The normalized spacial score (nSPS) is 17.1. The summed E-state index contributed by atoms with van der Waals surface area (Å²) in [6, 6.07) is 11.1. The van der Waals surface area contributed by atoms with Crippen LogP contribution in [0.5, 0.6) is 0 Å². The Hall–Kier alpha value is -2.40. The summed E-state index contributed by atoms with van der Waals surface area (Å²) >= 11 is 5.87. The highest BCUT2D eigenvalue weighted by molar-refractivity contribution is 6.30. The molecule has 1 saturated heterocycles. The van der Waals surface area contributed by atoms with Crippen LogP contribution >= 0.6 is 11.6 Å². The second-order valence-corrected chi connectivity index (χ2v) is 6.32. The fourth-order valence-electron chi connectivity index (χ4n) is 2.75. The molecule has 3 rings (SSSR count). The molecule has 0 spiro atoms. The first kappa shape index (κ1) is 16.5. The number of nitrogens with one attached hydrogen (secondary N) is 1. The summed E-state index contributed by atoms with van der Waals surface area (Å²) in [4.78, 5) is 30.2. The number of aromatic nitrogens is 1. The summed E-state index contributed by atoms with van der Waals surface area (Å²) < 4.78 is 0. The van der Waals surface area contributed by atoms with Crippen molar-refractivity contribution < 1.29 is 9.59 Å². The van der Waals surface area contributed by atoms with Gasteiger partial charge in [-0.3, -0.25) is 14.6 Å². The van der Waals surface area contributed by atoms with E-state index in [1.54, 1.807) is 29.4 Å². The van der Waals surface area contributed by atoms with Crippen molar-refractivity contribution in [3.8, 4) is 0 Å². The summed E-state index contributed by atoms with van der Waals surface area (Å²) in [5.74, 6) is -0.390. The van der Waals surface area contributed by atoms with Crippen LogP contribution in [-0.4, -0.2) is 28.2 Å². The predicted octanol–water partition coefficient (Wildman–Crippen LogP) is 2.40. The van der Waals surface area contributed by atoms with Crippen molar-refractivity contribution >= 4 is 23.4 Å². The third-order valence-electron chi connectivity index (χ3n) is 4.06. The van der Waals surface area contributed by atoms with Crippen LogP contribution in [0.3, 0.4) is 0 Å². The third-order valence-corrected chi connectivity index (χ3v) is 4.31. The maximum Gasteiger partial charge on any atom is 0.225 e. The number of rotatable bonds is 5. The van der Waals surface area contributed by atoms with E-state index in [2.05, 4.69) is 10.3 Å². The molecule has 0 aliphatic carbocycles.